The molecule has 28 heavy (non-hydrogen) atoms. The maximum atomic E-state index is 12.0. The van der Waals surface area contributed by atoms with Crippen LogP contribution < -0.4 is 5.32 Å². The lowest BCUT2D eigenvalue weighted by atomic mass is 10.1. The third-order valence-corrected chi connectivity index (χ3v) is 5.92. The maximum Gasteiger partial charge on any atom is 0.246 e. The molecule has 0 radical (unpaired) electrons. The summed E-state index contributed by atoms with van der Waals surface area (Å²) in [6, 6.07) is 16.5. The molecule has 0 saturated carbocycles. The summed E-state index contributed by atoms with van der Waals surface area (Å²) >= 11 is 1.60. The average molecular weight is 396 g/mol. The molecule has 1 aromatic heterocycles. The van der Waals surface area contributed by atoms with Gasteiger partial charge < -0.3 is 10.1 Å². The van der Waals surface area contributed by atoms with E-state index in [0.717, 1.165) is 27.3 Å². The lowest BCUT2D eigenvalue weighted by Crippen LogP contribution is -2.27. The summed E-state index contributed by atoms with van der Waals surface area (Å²) in [7, 11) is 0. The molecule has 0 aliphatic carbocycles. The Labute approximate surface area is 169 Å². The van der Waals surface area contributed by atoms with Gasteiger partial charge in [0.25, 0.3) is 0 Å². The van der Waals surface area contributed by atoms with Crippen LogP contribution in [0.25, 0.3) is 10.2 Å². The van der Waals surface area contributed by atoms with Gasteiger partial charge in [0.1, 0.15) is 11.6 Å². The number of rotatable bonds is 8. The van der Waals surface area contributed by atoms with Gasteiger partial charge in [-0.1, -0.05) is 36.4 Å². The van der Waals surface area contributed by atoms with E-state index in [4.69, 9.17) is 4.74 Å². The minimum absolute atomic E-state index is 0.0446. The lowest BCUT2D eigenvalue weighted by molar-refractivity contribution is -0.126. The van der Waals surface area contributed by atoms with Crippen LogP contribution in [0, 0.1) is 0 Å². The molecular formula is C22H25N3O2S. The Morgan fingerprint density at radius 3 is 2.61 bits per heavy atom. The molecule has 2 heterocycles. The summed E-state index contributed by atoms with van der Waals surface area (Å²) in [5, 5.41) is 3.80. The Morgan fingerprint density at radius 1 is 1.07 bits per heavy atom. The number of para-hydroxylation sites is 1. The fourth-order valence-electron chi connectivity index (χ4n) is 3.43. The number of nitrogens with zero attached hydrogens (tertiary/aromatic N) is 2. The first kappa shape index (κ1) is 19.1. The zero-order valence-electron chi connectivity index (χ0n) is 15.9. The number of carbonyl (C=O) groups is 1. The van der Waals surface area contributed by atoms with E-state index >= 15 is 0 Å². The molecule has 1 saturated heterocycles. The van der Waals surface area contributed by atoms with Crippen molar-refractivity contribution in [3.05, 3.63) is 64.7 Å². The van der Waals surface area contributed by atoms with Gasteiger partial charge in [-0.05, 0) is 49.2 Å². The van der Waals surface area contributed by atoms with E-state index in [9.17, 15) is 4.79 Å². The average Bonchev–Trinajstić information content (AvgIpc) is 3.36. The molecule has 0 bridgehead atoms. The van der Waals surface area contributed by atoms with Crippen molar-refractivity contribution >= 4 is 27.5 Å². The minimum atomic E-state index is -0.109. The molecule has 1 aliphatic rings. The van der Waals surface area contributed by atoms with Gasteiger partial charge in [-0.2, -0.15) is 0 Å². The number of likely N-dealkylation sites (tertiary alicyclic amines) is 1. The largest absolute Gasteiger partial charge is 0.364 e. The second kappa shape index (κ2) is 9.28. The van der Waals surface area contributed by atoms with E-state index in [2.05, 4.69) is 39.5 Å². The Bertz CT molecular complexity index is 884. The number of benzene rings is 2. The van der Waals surface area contributed by atoms with E-state index in [1.54, 1.807) is 11.3 Å². The summed E-state index contributed by atoms with van der Waals surface area (Å²) in [4.78, 5) is 19.0. The first-order chi connectivity index (χ1) is 13.8. The second-order valence-electron chi connectivity index (χ2n) is 7.14. The van der Waals surface area contributed by atoms with Gasteiger partial charge >= 0.3 is 0 Å². The Kier molecular flexibility index (Phi) is 6.31. The van der Waals surface area contributed by atoms with Gasteiger partial charge in [-0.15, -0.1) is 11.3 Å². The standard InChI is InChI=1S/C22H25N3O2S/c26-21(15-27-16-22-24-19-5-1-2-6-20(19)28-22)23-13-17-7-9-18(10-8-17)14-25-11-3-4-12-25/h1-2,5-10H,3-4,11-16H2,(H,23,26). The minimum Gasteiger partial charge on any atom is -0.364 e. The van der Waals surface area contributed by atoms with Gasteiger partial charge in [0, 0.05) is 13.1 Å². The van der Waals surface area contributed by atoms with E-state index < -0.39 is 0 Å². The zero-order chi connectivity index (χ0) is 19.2. The molecule has 1 aliphatic heterocycles. The second-order valence-corrected chi connectivity index (χ2v) is 8.26. The first-order valence-corrected chi connectivity index (χ1v) is 10.6. The summed E-state index contributed by atoms with van der Waals surface area (Å²) in [6.45, 7) is 4.35. The third kappa shape index (κ3) is 5.16. The van der Waals surface area contributed by atoms with E-state index in [1.165, 1.54) is 31.5 Å². The number of amides is 1. The number of fused-ring (bicyclic) bond motifs is 1. The van der Waals surface area contributed by atoms with Gasteiger partial charge in [-0.3, -0.25) is 9.69 Å². The van der Waals surface area contributed by atoms with Gasteiger partial charge in [0.15, 0.2) is 0 Å². The molecule has 1 amide bonds. The van der Waals surface area contributed by atoms with Crippen LogP contribution >= 0.6 is 11.3 Å². The van der Waals surface area contributed by atoms with Crippen LogP contribution in [0.4, 0.5) is 0 Å². The first-order valence-electron chi connectivity index (χ1n) is 9.75. The highest BCUT2D eigenvalue weighted by molar-refractivity contribution is 7.18. The fourth-order valence-corrected chi connectivity index (χ4v) is 4.33. The van der Waals surface area contributed by atoms with Gasteiger partial charge in [0.05, 0.1) is 16.8 Å². The number of ether oxygens (including phenoxy) is 1. The van der Waals surface area contributed by atoms with Gasteiger partial charge in [0.2, 0.25) is 5.91 Å². The molecule has 146 valence electrons. The maximum absolute atomic E-state index is 12.0. The van der Waals surface area contributed by atoms with Crippen molar-refractivity contribution in [1.82, 2.24) is 15.2 Å². The smallest absolute Gasteiger partial charge is 0.246 e. The molecule has 1 fully saturated rings. The molecule has 5 nitrogen and oxygen atoms in total. The fraction of sp³-hybridized carbons (Fsp3) is 0.364. The third-order valence-electron chi connectivity index (χ3n) is 4.91. The van der Waals surface area contributed by atoms with Crippen molar-refractivity contribution in [2.75, 3.05) is 19.7 Å². The van der Waals surface area contributed by atoms with Crippen molar-refractivity contribution < 1.29 is 9.53 Å². The molecule has 0 unspecified atom stereocenters. The molecule has 0 atom stereocenters. The molecule has 2 aromatic carbocycles. The van der Waals surface area contributed by atoms with E-state index in [-0.39, 0.29) is 12.5 Å². The number of aromatic nitrogens is 1. The molecule has 6 heteroatoms. The highest BCUT2D eigenvalue weighted by Gasteiger charge is 2.11. The highest BCUT2D eigenvalue weighted by atomic mass is 32.1. The summed E-state index contributed by atoms with van der Waals surface area (Å²) < 4.78 is 6.66. The number of thiazole rings is 1. The number of nitrogens with one attached hydrogen (secondary N) is 1. The van der Waals surface area contributed by atoms with Crippen LogP contribution in [-0.2, 0) is 29.2 Å². The van der Waals surface area contributed by atoms with Crippen LogP contribution in [0.5, 0.6) is 0 Å². The van der Waals surface area contributed by atoms with E-state index in [1.807, 2.05) is 24.3 Å². The Hall–Kier alpha value is -2.28. The summed E-state index contributed by atoms with van der Waals surface area (Å²) in [5.41, 5.74) is 3.41. The number of hydrogen-bond acceptors (Lipinski definition) is 5. The summed E-state index contributed by atoms with van der Waals surface area (Å²) in [5.74, 6) is -0.109. The molecule has 0 spiro atoms. The number of carbonyl (C=O) groups excluding carboxylic acids is 1. The predicted molar refractivity (Wildman–Crippen MR) is 112 cm³/mol. The predicted octanol–water partition coefficient (Wildman–Crippen LogP) is 3.73. The molecule has 1 N–H and O–H groups in total. The van der Waals surface area contributed by atoms with Crippen molar-refractivity contribution in [2.45, 2.75) is 32.5 Å². The van der Waals surface area contributed by atoms with Crippen LogP contribution in [0.3, 0.4) is 0 Å². The van der Waals surface area contributed by atoms with Crippen molar-refractivity contribution in [1.29, 1.82) is 0 Å². The quantitative estimate of drug-likeness (QED) is 0.632. The zero-order valence-corrected chi connectivity index (χ0v) is 16.7. The Morgan fingerprint density at radius 2 is 1.82 bits per heavy atom. The van der Waals surface area contributed by atoms with Gasteiger partial charge in [-0.25, -0.2) is 4.98 Å². The summed E-state index contributed by atoms with van der Waals surface area (Å²) in [6.07, 6.45) is 2.62. The molecule has 4 rings (SSSR count). The molecule has 3 aromatic rings. The Balaban J connectivity index is 1.17. The van der Waals surface area contributed by atoms with Crippen LogP contribution in [-0.4, -0.2) is 35.5 Å². The van der Waals surface area contributed by atoms with E-state index in [0.29, 0.717) is 13.2 Å². The number of hydrogen-bond donors (Lipinski definition) is 1. The molecular weight excluding hydrogens is 370 g/mol. The highest BCUT2D eigenvalue weighted by Crippen LogP contribution is 2.21. The van der Waals surface area contributed by atoms with Crippen LogP contribution in [0.2, 0.25) is 0 Å². The van der Waals surface area contributed by atoms with Crippen molar-refractivity contribution in [2.24, 2.45) is 0 Å². The van der Waals surface area contributed by atoms with Crippen LogP contribution in [0.15, 0.2) is 48.5 Å². The van der Waals surface area contributed by atoms with Crippen LogP contribution in [0.1, 0.15) is 29.0 Å². The topological polar surface area (TPSA) is 54.5 Å². The normalized spacial score (nSPS) is 14.6. The monoisotopic (exact) mass is 395 g/mol. The SMILES string of the molecule is O=C(COCc1nc2ccccc2s1)NCc1ccc(CN2CCCC2)cc1. The lowest BCUT2D eigenvalue weighted by Gasteiger charge is -2.14. The van der Waals surface area contributed by atoms with Crippen molar-refractivity contribution in [3.63, 3.8) is 0 Å². The van der Waals surface area contributed by atoms with Crippen molar-refractivity contribution in [3.8, 4) is 0 Å².